The van der Waals surface area contributed by atoms with Crippen LogP contribution in [0.3, 0.4) is 0 Å². The van der Waals surface area contributed by atoms with Gasteiger partial charge in [0.1, 0.15) is 0 Å². The van der Waals surface area contributed by atoms with Crippen molar-refractivity contribution < 1.29 is 17.7 Å². The van der Waals surface area contributed by atoms with Crippen molar-refractivity contribution in [3.05, 3.63) is 30.4 Å². The number of hydrogen-bond acceptors (Lipinski definition) is 8. The van der Waals surface area contributed by atoms with Gasteiger partial charge in [0.2, 0.25) is 17.6 Å². The maximum Gasteiger partial charge on any atom is 0.282 e. The van der Waals surface area contributed by atoms with Gasteiger partial charge in [0.25, 0.3) is 10.2 Å². The molecule has 31 heavy (non-hydrogen) atoms. The Labute approximate surface area is 181 Å². The summed E-state index contributed by atoms with van der Waals surface area (Å²) in [6.07, 6.45) is 3.89. The maximum absolute atomic E-state index is 12.9. The number of pyridine rings is 1. The van der Waals surface area contributed by atoms with Crippen LogP contribution in [0.1, 0.15) is 12.3 Å². The first-order valence-corrected chi connectivity index (χ1v) is 11.8. The minimum Gasteiger partial charge on any atom is -0.340 e. The molecule has 2 saturated heterocycles. The molecule has 2 aromatic heterocycles. The third-order valence-corrected chi connectivity index (χ3v) is 7.68. The zero-order valence-corrected chi connectivity index (χ0v) is 18.4. The minimum absolute atomic E-state index is 0.0437. The zero-order chi connectivity index (χ0) is 21.8. The van der Waals surface area contributed by atoms with Gasteiger partial charge >= 0.3 is 0 Å². The molecule has 2 aliphatic rings. The summed E-state index contributed by atoms with van der Waals surface area (Å²) in [5, 5.41) is 3.93. The van der Waals surface area contributed by atoms with Gasteiger partial charge in [-0.2, -0.15) is 22.0 Å². The number of nitrogens with zero attached hydrogens (tertiary/aromatic N) is 7. The summed E-state index contributed by atoms with van der Waals surface area (Å²) in [4.78, 5) is 24.7. The van der Waals surface area contributed by atoms with Crippen LogP contribution in [-0.2, 0) is 21.4 Å². The van der Waals surface area contributed by atoms with Gasteiger partial charge in [-0.15, -0.1) is 0 Å². The van der Waals surface area contributed by atoms with Gasteiger partial charge < -0.3 is 14.3 Å². The second kappa shape index (κ2) is 9.39. The van der Waals surface area contributed by atoms with E-state index >= 15 is 0 Å². The smallest absolute Gasteiger partial charge is 0.282 e. The van der Waals surface area contributed by atoms with Crippen LogP contribution in [0.25, 0.3) is 11.4 Å². The number of aryl methyl sites for hydroxylation is 1. The van der Waals surface area contributed by atoms with E-state index in [1.165, 1.54) is 4.31 Å². The fourth-order valence-corrected chi connectivity index (χ4v) is 5.27. The van der Waals surface area contributed by atoms with Gasteiger partial charge in [-0.05, 0) is 19.2 Å². The Kier molecular flexibility index (Phi) is 6.60. The fraction of sp³-hybridized carbons (Fsp3) is 0.579. The number of carbonyl (C=O) groups excluding carboxylic acids is 1. The van der Waals surface area contributed by atoms with Crippen molar-refractivity contribution in [1.29, 1.82) is 0 Å². The molecule has 0 bridgehead atoms. The molecule has 0 atom stereocenters. The van der Waals surface area contributed by atoms with E-state index in [9.17, 15) is 13.2 Å². The first-order valence-electron chi connectivity index (χ1n) is 10.4. The van der Waals surface area contributed by atoms with Crippen LogP contribution < -0.4 is 0 Å². The Morgan fingerprint density at radius 1 is 1.06 bits per heavy atom. The van der Waals surface area contributed by atoms with Crippen molar-refractivity contribution in [2.45, 2.75) is 12.8 Å². The zero-order valence-electron chi connectivity index (χ0n) is 17.6. The molecule has 1 amide bonds. The van der Waals surface area contributed by atoms with Crippen molar-refractivity contribution in [3.63, 3.8) is 0 Å². The van der Waals surface area contributed by atoms with Crippen molar-refractivity contribution in [3.8, 4) is 11.4 Å². The summed E-state index contributed by atoms with van der Waals surface area (Å²) >= 11 is 0. The Hall–Kier alpha value is -2.41. The maximum atomic E-state index is 12.9. The molecule has 168 valence electrons. The van der Waals surface area contributed by atoms with E-state index < -0.39 is 10.2 Å². The van der Waals surface area contributed by atoms with E-state index in [0.717, 1.165) is 18.7 Å². The quantitative estimate of drug-likeness (QED) is 0.590. The lowest BCUT2D eigenvalue weighted by Gasteiger charge is -2.39. The third kappa shape index (κ3) is 5.09. The molecule has 2 fully saturated rings. The number of hydrogen-bond donors (Lipinski definition) is 0. The highest BCUT2D eigenvalue weighted by Crippen LogP contribution is 2.17. The van der Waals surface area contributed by atoms with E-state index in [1.54, 1.807) is 27.7 Å². The van der Waals surface area contributed by atoms with Crippen LogP contribution in [0.15, 0.2) is 29.0 Å². The van der Waals surface area contributed by atoms with Gasteiger partial charge in [0, 0.05) is 83.2 Å². The van der Waals surface area contributed by atoms with Crippen LogP contribution in [0.5, 0.6) is 0 Å². The number of carbonyl (C=O) groups is 1. The summed E-state index contributed by atoms with van der Waals surface area (Å²) in [7, 11) is -1.48. The lowest BCUT2D eigenvalue weighted by Crippen LogP contribution is -2.57. The molecule has 11 nitrogen and oxygen atoms in total. The molecule has 0 radical (unpaired) electrons. The molecule has 4 heterocycles. The largest absolute Gasteiger partial charge is 0.340 e. The average molecular weight is 450 g/mol. The predicted octanol–water partition coefficient (Wildman–Crippen LogP) is -0.299. The summed E-state index contributed by atoms with van der Waals surface area (Å²) < 4.78 is 34.0. The Bertz CT molecular complexity index is 982. The summed E-state index contributed by atoms with van der Waals surface area (Å²) in [5.41, 5.74) is 0.751. The molecule has 0 aromatic carbocycles. The summed E-state index contributed by atoms with van der Waals surface area (Å²) in [6.45, 7) is 3.86. The van der Waals surface area contributed by atoms with Crippen LogP contribution in [0.4, 0.5) is 0 Å². The minimum atomic E-state index is -3.47. The number of rotatable bonds is 6. The second-order valence-corrected chi connectivity index (χ2v) is 9.67. The molecule has 0 unspecified atom stereocenters. The van der Waals surface area contributed by atoms with E-state index in [-0.39, 0.29) is 12.3 Å². The molecule has 4 rings (SSSR count). The van der Waals surface area contributed by atoms with Gasteiger partial charge in [-0.1, -0.05) is 5.16 Å². The molecule has 0 saturated carbocycles. The Morgan fingerprint density at radius 2 is 1.74 bits per heavy atom. The molecular weight excluding hydrogens is 422 g/mol. The molecule has 0 N–H and O–H groups in total. The highest BCUT2D eigenvalue weighted by Gasteiger charge is 2.34. The third-order valence-electron chi connectivity index (χ3n) is 5.65. The lowest BCUT2D eigenvalue weighted by molar-refractivity contribution is -0.132. The van der Waals surface area contributed by atoms with Crippen molar-refractivity contribution in [2.75, 3.05) is 59.4 Å². The predicted molar refractivity (Wildman–Crippen MR) is 112 cm³/mol. The molecule has 0 aliphatic carbocycles. The van der Waals surface area contributed by atoms with E-state index in [4.69, 9.17) is 4.52 Å². The second-order valence-electron chi connectivity index (χ2n) is 7.74. The van der Waals surface area contributed by atoms with E-state index in [0.29, 0.717) is 57.4 Å². The normalized spacial score (nSPS) is 19.6. The number of likely N-dealkylation sites (N-methyl/N-ethyl adjacent to an activating group) is 1. The van der Waals surface area contributed by atoms with Crippen molar-refractivity contribution >= 4 is 16.1 Å². The lowest BCUT2D eigenvalue weighted by atomic mass is 10.2. The topological polar surface area (TPSA) is 116 Å². The molecule has 0 spiro atoms. The highest BCUT2D eigenvalue weighted by molar-refractivity contribution is 7.86. The first-order chi connectivity index (χ1) is 14.9. The Morgan fingerprint density at radius 3 is 2.39 bits per heavy atom. The monoisotopic (exact) mass is 449 g/mol. The summed E-state index contributed by atoms with van der Waals surface area (Å²) in [6, 6.07) is 3.63. The fourth-order valence-electron chi connectivity index (χ4n) is 3.69. The van der Waals surface area contributed by atoms with Crippen LogP contribution in [-0.4, -0.2) is 107 Å². The molecule has 2 aliphatic heterocycles. The SMILES string of the molecule is CN1CCN(S(=O)(=O)N2CCN(C(=O)CCc3nc(-c4cccnc4)no3)CC2)CC1. The molecular formula is C19H27N7O4S. The number of piperazine rings is 2. The van der Waals surface area contributed by atoms with Crippen LogP contribution >= 0.6 is 0 Å². The first kappa shape index (κ1) is 21.8. The van der Waals surface area contributed by atoms with Crippen molar-refractivity contribution in [1.82, 2.24) is 33.5 Å². The molecule has 2 aromatic rings. The van der Waals surface area contributed by atoms with Gasteiger partial charge in [0.15, 0.2) is 0 Å². The standard InChI is InChI=1S/C19H27N7O4S/c1-23-7-11-25(12-8-23)31(28,29)26-13-9-24(10-14-26)18(27)5-4-17-21-19(22-30-17)16-3-2-6-20-15-16/h2-3,6,15H,4-5,7-14H2,1H3. The van der Waals surface area contributed by atoms with Crippen LogP contribution in [0.2, 0.25) is 0 Å². The molecule has 12 heteroatoms. The van der Waals surface area contributed by atoms with E-state index in [2.05, 4.69) is 20.0 Å². The Balaban J connectivity index is 1.26. The highest BCUT2D eigenvalue weighted by atomic mass is 32.2. The van der Waals surface area contributed by atoms with Crippen LogP contribution in [0, 0.1) is 0 Å². The van der Waals surface area contributed by atoms with Crippen molar-refractivity contribution in [2.24, 2.45) is 0 Å². The number of amides is 1. The van der Waals surface area contributed by atoms with E-state index in [1.807, 2.05) is 13.1 Å². The van der Waals surface area contributed by atoms with Gasteiger partial charge in [-0.3, -0.25) is 9.78 Å². The average Bonchev–Trinajstić information content (AvgIpc) is 3.27. The van der Waals surface area contributed by atoms with Gasteiger partial charge in [0.05, 0.1) is 0 Å². The van der Waals surface area contributed by atoms with Gasteiger partial charge in [-0.25, -0.2) is 0 Å². The number of aromatic nitrogens is 3. The summed E-state index contributed by atoms with van der Waals surface area (Å²) in [5.74, 6) is 0.791.